The molecule has 0 saturated carbocycles. The number of nitrogens with one attached hydrogen (secondary N) is 1. The third-order valence-corrected chi connectivity index (χ3v) is 4.87. The molecule has 0 fully saturated rings. The average Bonchev–Trinajstić information content (AvgIpc) is 3.16. The fourth-order valence-electron chi connectivity index (χ4n) is 2.23. The van der Waals surface area contributed by atoms with E-state index in [2.05, 4.69) is 10.5 Å². The summed E-state index contributed by atoms with van der Waals surface area (Å²) in [5.41, 5.74) is 3.39. The Labute approximate surface area is 170 Å². The van der Waals surface area contributed by atoms with Gasteiger partial charge in [0.1, 0.15) is 11.5 Å². The molecule has 3 rings (SSSR count). The van der Waals surface area contributed by atoms with Crippen LogP contribution in [0.4, 0.5) is 0 Å². The number of carbonyl (C=O) groups is 2. The van der Waals surface area contributed by atoms with Crippen molar-refractivity contribution in [3.63, 3.8) is 0 Å². The number of hydrogen-bond acceptors (Lipinski definition) is 5. The molecule has 0 spiro atoms. The summed E-state index contributed by atoms with van der Waals surface area (Å²) in [4.78, 5) is 23.7. The number of nitrogens with zero attached hydrogens (tertiary/aromatic N) is 1. The molecular formula is C20H15ClN2O4S. The van der Waals surface area contributed by atoms with E-state index in [0.717, 1.165) is 10.5 Å². The highest BCUT2D eigenvalue weighted by atomic mass is 35.5. The first-order valence-electron chi connectivity index (χ1n) is 8.15. The molecule has 3 aromatic rings. The molecule has 0 radical (unpaired) electrons. The number of benzene rings is 2. The van der Waals surface area contributed by atoms with Crippen LogP contribution < -0.4 is 5.43 Å². The van der Waals surface area contributed by atoms with E-state index in [9.17, 15) is 9.59 Å². The zero-order chi connectivity index (χ0) is 19.9. The van der Waals surface area contributed by atoms with Gasteiger partial charge in [-0.05, 0) is 48.5 Å². The Balaban J connectivity index is 1.51. The van der Waals surface area contributed by atoms with Crippen molar-refractivity contribution in [1.82, 2.24) is 5.43 Å². The van der Waals surface area contributed by atoms with Crippen molar-refractivity contribution in [1.29, 1.82) is 0 Å². The van der Waals surface area contributed by atoms with Gasteiger partial charge in [-0.3, -0.25) is 4.79 Å². The topological polar surface area (TPSA) is 91.9 Å². The summed E-state index contributed by atoms with van der Waals surface area (Å²) in [5, 5.41) is 13.5. The summed E-state index contributed by atoms with van der Waals surface area (Å²) in [6.45, 7) is 0. The number of furan rings is 1. The van der Waals surface area contributed by atoms with Gasteiger partial charge in [-0.2, -0.15) is 5.10 Å². The van der Waals surface area contributed by atoms with Gasteiger partial charge in [0.15, 0.2) is 0 Å². The maximum atomic E-state index is 11.8. The number of halogens is 1. The minimum absolute atomic E-state index is 0.205. The molecule has 0 unspecified atom stereocenters. The number of amides is 1. The summed E-state index contributed by atoms with van der Waals surface area (Å²) in [6.07, 6.45) is 1.40. The van der Waals surface area contributed by atoms with Crippen LogP contribution in [0.25, 0.3) is 11.3 Å². The van der Waals surface area contributed by atoms with Gasteiger partial charge < -0.3 is 9.52 Å². The van der Waals surface area contributed by atoms with E-state index in [1.54, 1.807) is 36.4 Å². The third kappa shape index (κ3) is 5.48. The average molecular weight is 415 g/mol. The highest BCUT2D eigenvalue weighted by Crippen LogP contribution is 2.22. The molecule has 6 nitrogen and oxygen atoms in total. The second kappa shape index (κ2) is 9.25. The van der Waals surface area contributed by atoms with Crippen LogP contribution >= 0.6 is 23.4 Å². The third-order valence-electron chi connectivity index (χ3n) is 3.61. The number of rotatable bonds is 7. The highest BCUT2D eigenvalue weighted by Gasteiger charge is 2.07. The summed E-state index contributed by atoms with van der Waals surface area (Å²) in [6, 6.07) is 17.0. The van der Waals surface area contributed by atoms with E-state index < -0.39 is 5.97 Å². The van der Waals surface area contributed by atoms with Crippen LogP contribution in [-0.4, -0.2) is 29.0 Å². The minimum Gasteiger partial charge on any atom is -0.478 e. The zero-order valence-electron chi connectivity index (χ0n) is 14.5. The van der Waals surface area contributed by atoms with Gasteiger partial charge >= 0.3 is 5.97 Å². The van der Waals surface area contributed by atoms with Crippen molar-refractivity contribution >= 4 is 41.5 Å². The van der Waals surface area contributed by atoms with Crippen LogP contribution in [0.5, 0.6) is 0 Å². The maximum absolute atomic E-state index is 11.8. The minimum atomic E-state index is -0.983. The van der Waals surface area contributed by atoms with Crippen LogP contribution in [0, 0.1) is 0 Å². The molecule has 2 aromatic carbocycles. The van der Waals surface area contributed by atoms with E-state index in [4.69, 9.17) is 21.1 Å². The normalized spacial score (nSPS) is 10.9. The summed E-state index contributed by atoms with van der Waals surface area (Å²) in [5.74, 6) is 0.0279. The lowest BCUT2D eigenvalue weighted by Gasteiger charge is -2.00. The van der Waals surface area contributed by atoms with Gasteiger partial charge in [0.05, 0.1) is 17.5 Å². The first kappa shape index (κ1) is 19.7. The number of carbonyl (C=O) groups excluding carboxylic acids is 1. The van der Waals surface area contributed by atoms with Crippen LogP contribution in [0.2, 0.25) is 5.02 Å². The summed E-state index contributed by atoms with van der Waals surface area (Å²) in [7, 11) is 0. The predicted octanol–water partition coefficient (Wildman–Crippen LogP) is 4.54. The van der Waals surface area contributed by atoms with Gasteiger partial charge in [-0.15, -0.1) is 11.8 Å². The Morgan fingerprint density at radius 3 is 2.46 bits per heavy atom. The molecule has 0 saturated heterocycles. The van der Waals surface area contributed by atoms with Crippen molar-refractivity contribution in [2.45, 2.75) is 4.90 Å². The SMILES string of the molecule is O=C(CSc1ccc(Cl)cc1)N/N=C\c1ccc(-c2ccc(C(=O)O)cc2)o1. The molecule has 0 aliphatic heterocycles. The lowest BCUT2D eigenvalue weighted by Crippen LogP contribution is -2.19. The smallest absolute Gasteiger partial charge is 0.335 e. The predicted molar refractivity (Wildman–Crippen MR) is 109 cm³/mol. The molecule has 0 bridgehead atoms. The molecule has 0 aliphatic rings. The number of hydrogen-bond donors (Lipinski definition) is 2. The Kier molecular flexibility index (Phi) is 6.52. The lowest BCUT2D eigenvalue weighted by molar-refractivity contribution is -0.118. The molecule has 28 heavy (non-hydrogen) atoms. The number of hydrazone groups is 1. The fraction of sp³-hybridized carbons (Fsp3) is 0.0500. The van der Waals surface area contributed by atoms with Gasteiger partial charge in [0.2, 0.25) is 5.91 Å². The summed E-state index contributed by atoms with van der Waals surface area (Å²) >= 11 is 7.20. The second-order valence-electron chi connectivity index (χ2n) is 5.62. The van der Waals surface area contributed by atoms with E-state index in [1.165, 1.54) is 30.1 Å². The molecule has 1 amide bonds. The molecule has 0 atom stereocenters. The maximum Gasteiger partial charge on any atom is 0.335 e. The first-order chi connectivity index (χ1) is 13.5. The summed E-state index contributed by atoms with van der Waals surface area (Å²) < 4.78 is 5.63. The number of carboxylic acids is 1. The van der Waals surface area contributed by atoms with Gasteiger partial charge in [-0.25, -0.2) is 10.2 Å². The number of carboxylic acid groups (broad SMARTS) is 1. The monoisotopic (exact) mass is 414 g/mol. The molecule has 8 heteroatoms. The molecular weight excluding hydrogens is 400 g/mol. The van der Waals surface area contributed by atoms with Crippen LogP contribution in [0.3, 0.4) is 0 Å². The van der Waals surface area contributed by atoms with Crippen molar-refractivity contribution in [3.8, 4) is 11.3 Å². The van der Waals surface area contributed by atoms with E-state index in [-0.39, 0.29) is 17.2 Å². The Bertz CT molecular complexity index is 998. The molecule has 1 heterocycles. The van der Waals surface area contributed by atoms with Crippen LogP contribution in [0.15, 0.2) is 75.1 Å². The molecule has 142 valence electrons. The second-order valence-corrected chi connectivity index (χ2v) is 7.11. The van der Waals surface area contributed by atoms with E-state index in [0.29, 0.717) is 16.5 Å². The highest BCUT2D eigenvalue weighted by molar-refractivity contribution is 8.00. The molecule has 1 aromatic heterocycles. The Morgan fingerprint density at radius 2 is 1.79 bits per heavy atom. The van der Waals surface area contributed by atoms with E-state index in [1.807, 2.05) is 12.1 Å². The molecule has 0 aliphatic carbocycles. The number of thioether (sulfide) groups is 1. The van der Waals surface area contributed by atoms with Gasteiger partial charge in [0, 0.05) is 15.5 Å². The van der Waals surface area contributed by atoms with Crippen molar-refractivity contribution in [3.05, 3.63) is 77.0 Å². The zero-order valence-corrected chi connectivity index (χ0v) is 16.0. The first-order valence-corrected chi connectivity index (χ1v) is 9.51. The van der Waals surface area contributed by atoms with Gasteiger partial charge in [0.25, 0.3) is 0 Å². The van der Waals surface area contributed by atoms with Gasteiger partial charge in [-0.1, -0.05) is 23.7 Å². The quantitative estimate of drug-likeness (QED) is 0.336. The van der Waals surface area contributed by atoms with E-state index >= 15 is 0 Å². The molecule has 2 N–H and O–H groups in total. The standard InChI is InChI=1S/C20H15ClN2O4S/c21-15-5-8-17(9-6-15)28-12-19(24)23-22-11-16-7-10-18(27-16)13-1-3-14(4-2-13)20(25)26/h1-11H,12H2,(H,23,24)(H,25,26)/b22-11-. The van der Waals surface area contributed by atoms with Crippen LogP contribution in [0.1, 0.15) is 16.1 Å². The number of aromatic carboxylic acids is 1. The fourth-order valence-corrected chi connectivity index (χ4v) is 3.05. The Morgan fingerprint density at radius 1 is 1.07 bits per heavy atom. The Hall–Kier alpha value is -3.03. The lowest BCUT2D eigenvalue weighted by atomic mass is 10.1. The largest absolute Gasteiger partial charge is 0.478 e. The van der Waals surface area contributed by atoms with Crippen molar-refractivity contribution < 1.29 is 19.1 Å². The van der Waals surface area contributed by atoms with Crippen molar-refractivity contribution in [2.75, 3.05) is 5.75 Å². The van der Waals surface area contributed by atoms with Crippen LogP contribution in [-0.2, 0) is 4.79 Å². The van der Waals surface area contributed by atoms with Crippen molar-refractivity contribution in [2.24, 2.45) is 5.10 Å².